The van der Waals surface area contributed by atoms with Crippen molar-refractivity contribution in [3.05, 3.63) is 105 Å². The van der Waals surface area contributed by atoms with Crippen LogP contribution in [0.2, 0.25) is 5.02 Å². The Morgan fingerprint density at radius 1 is 0.941 bits per heavy atom. The Labute approximate surface area is 215 Å². The summed E-state index contributed by atoms with van der Waals surface area (Å²) in [5.41, 5.74) is 2.79. The number of hydrogen-bond acceptors (Lipinski definition) is 2. The molecule has 178 valence electrons. The third kappa shape index (κ3) is 8.00. The summed E-state index contributed by atoms with van der Waals surface area (Å²) in [4.78, 5) is 28.7. The van der Waals surface area contributed by atoms with E-state index in [9.17, 15) is 9.59 Å². The van der Waals surface area contributed by atoms with Crippen LogP contribution < -0.4 is 5.32 Å². The molecule has 6 heteroatoms. The minimum Gasteiger partial charge on any atom is -0.354 e. The van der Waals surface area contributed by atoms with E-state index in [1.54, 1.807) is 17.0 Å². The Morgan fingerprint density at radius 3 is 2.32 bits per heavy atom. The molecule has 0 aliphatic carbocycles. The monoisotopic (exact) mass is 540 g/mol. The Morgan fingerprint density at radius 2 is 1.65 bits per heavy atom. The Bertz CT molecular complexity index is 1070. The maximum absolute atomic E-state index is 13.7. The maximum Gasteiger partial charge on any atom is 0.243 e. The highest BCUT2D eigenvalue weighted by Gasteiger charge is 2.30. The van der Waals surface area contributed by atoms with Gasteiger partial charge in [0, 0.05) is 29.0 Å². The van der Waals surface area contributed by atoms with Crippen molar-refractivity contribution >= 4 is 39.3 Å². The van der Waals surface area contributed by atoms with Crippen LogP contribution in [0.3, 0.4) is 0 Å². The largest absolute Gasteiger partial charge is 0.354 e. The zero-order valence-corrected chi connectivity index (χ0v) is 21.7. The average molecular weight is 542 g/mol. The van der Waals surface area contributed by atoms with Crippen molar-refractivity contribution in [2.75, 3.05) is 6.54 Å². The molecule has 0 aromatic heterocycles. The molecule has 4 nitrogen and oxygen atoms in total. The number of halogens is 2. The smallest absolute Gasteiger partial charge is 0.243 e. The lowest BCUT2D eigenvalue weighted by Gasteiger charge is -2.32. The number of amides is 2. The van der Waals surface area contributed by atoms with Crippen molar-refractivity contribution < 1.29 is 9.59 Å². The van der Waals surface area contributed by atoms with Gasteiger partial charge in [-0.2, -0.15) is 0 Å². The minimum atomic E-state index is -0.630. The molecule has 3 aromatic carbocycles. The van der Waals surface area contributed by atoms with Crippen LogP contribution in [-0.2, 0) is 29.0 Å². The lowest BCUT2D eigenvalue weighted by Crippen LogP contribution is -2.51. The number of carbonyl (C=O) groups is 2. The third-order valence-electron chi connectivity index (χ3n) is 5.61. The number of nitrogens with zero attached hydrogens (tertiary/aromatic N) is 1. The van der Waals surface area contributed by atoms with Crippen LogP contribution in [0.1, 0.15) is 36.5 Å². The van der Waals surface area contributed by atoms with E-state index in [1.807, 2.05) is 66.7 Å². The van der Waals surface area contributed by atoms with Crippen molar-refractivity contribution in [3.63, 3.8) is 0 Å². The quantitative estimate of drug-likeness (QED) is 0.294. The second-order valence-electron chi connectivity index (χ2n) is 8.30. The van der Waals surface area contributed by atoms with E-state index in [1.165, 1.54) is 0 Å². The number of carbonyl (C=O) groups excluding carboxylic acids is 2. The molecular weight excluding hydrogens is 512 g/mol. The predicted octanol–water partition coefficient (Wildman–Crippen LogP) is 6.20. The highest BCUT2D eigenvalue weighted by molar-refractivity contribution is 9.10. The molecule has 1 atom stereocenters. The molecule has 3 aromatic rings. The molecule has 0 aliphatic rings. The summed E-state index contributed by atoms with van der Waals surface area (Å²) in [6.45, 7) is 3.02. The summed E-state index contributed by atoms with van der Waals surface area (Å²) < 4.78 is 0.964. The van der Waals surface area contributed by atoms with Gasteiger partial charge in [0.25, 0.3) is 0 Å². The predicted molar refractivity (Wildman–Crippen MR) is 142 cm³/mol. The third-order valence-corrected chi connectivity index (χ3v) is 6.37. The number of nitrogens with one attached hydrogen (secondary N) is 1. The van der Waals surface area contributed by atoms with Gasteiger partial charge < -0.3 is 10.2 Å². The fourth-order valence-electron chi connectivity index (χ4n) is 3.77. The van der Waals surface area contributed by atoms with Crippen LogP contribution in [-0.4, -0.2) is 29.3 Å². The van der Waals surface area contributed by atoms with E-state index in [0.717, 1.165) is 34.0 Å². The molecule has 0 unspecified atom stereocenters. The van der Waals surface area contributed by atoms with Gasteiger partial charge in [-0.05, 0) is 47.4 Å². The number of hydrogen-bond donors (Lipinski definition) is 1. The maximum atomic E-state index is 13.7. The summed E-state index contributed by atoms with van der Waals surface area (Å²) in [6, 6.07) is 24.3. The highest BCUT2D eigenvalue weighted by atomic mass is 79.9. The van der Waals surface area contributed by atoms with Crippen molar-refractivity contribution in [1.82, 2.24) is 10.2 Å². The van der Waals surface area contributed by atoms with Gasteiger partial charge in [-0.1, -0.05) is 95.5 Å². The first-order valence-electron chi connectivity index (χ1n) is 11.6. The molecule has 0 aliphatic heterocycles. The molecule has 0 fully saturated rings. The fourth-order valence-corrected chi connectivity index (χ4v) is 4.25. The van der Waals surface area contributed by atoms with Crippen LogP contribution >= 0.6 is 27.5 Å². The standard InChI is InChI=1S/C28H30BrClN2O2/c1-2-3-16-31-28(34)26(18-21-8-5-4-6-9-21)32(20-22-12-14-24(29)15-13-22)27(33)19-23-10-7-11-25(30)17-23/h4-15,17,26H,2-3,16,18-20H2,1H3,(H,31,34)/t26-/m0/s1. The molecule has 1 N–H and O–H groups in total. The molecule has 2 amide bonds. The highest BCUT2D eigenvalue weighted by Crippen LogP contribution is 2.19. The molecular formula is C28H30BrClN2O2. The Balaban J connectivity index is 1.93. The summed E-state index contributed by atoms with van der Waals surface area (Å²) in [5, 5.41) is 3.63. The van der Waals surface area contributed by atoms with Crippen LogP contribution in [0.5, 0.6) is 0 Å². The topological polar surface area (TPSA) is 49.4 Å². The SMILES string of the molecule is CCCCNC(=O)[C@H](Cc1ccccc1)N(Cc1ccc(Br)cc1)C(=O)Cc1cccc(Cl)c1. The van der Waals surface area contributed by atoms with E-state index in [2.05, 4.69) is 28.2 Å². The lowest BCUT2D eigenvalue weighted by molar-refractivity contribution is -0.140. The van der Waals surface area contributed by atoms with Crippen molar-refractivity contribution in [3.8, 4) is 0 Å². The average Bonchev–Trinajstić information content (AvgIpc) is 2.83. The lowest BCUT2D eigenvalue weighted by atomic mass is 10.0. The van der Waals surface area contributed by atoms with E-state index in [0.29, 0.717) is 24.5 Å². The van der Waals surface area contributed by atoms with E-state index >= 15 is 0 Å². The first kappa shape index (κ1) is 26.0. The summed E-state index contributed by atoms with van der Waals surface area (Å²) in [6.07, 6.45) is 2.49. The first-order chi connectivity index (χ1) is 16.5. The van der Waals surface area contributed by atoms with Gasteiger partial charge in [0.05, 0.1) is 6.42 Å². The van der Waals surface area contributed by atoms with E-state index < -0.39 is 6.04 Å². The van der Waals surface area contributed by atoms with Crippen molar-refractivity contribution in [1.29, 1.82) is 0 Å². The summed E-state index contributed by atoms with van der Waals surface area (Å²) >= 11 is 9.62. The van der Waals surface area contributed by atoms with Gasteiger partial charge in [0.2, 0.25) is 11.8 Å². The van der Waals surface area contributed by atoms with E-state index in [-0.39, 0.29) is 18.2 Å². The number of unbranched alkanes of at least 4 members (excludes halogenated alkanes) is 1. The van der Waals surface area contributed by atoms with Crippen molar-refractivity contribution in [2.45, 2.75) is 45.2 Å². The number of rotatable bonds is 11. The number of benzene rings is 3. The van der Waals surface area contributed by atoms with E-state index in [4.69, 9.17) is 11.6 Å². The molecule has 0 spiro atoms. The zero-order chi connectivity index (χ0) is 24.3. The molecule has 0 heterocycles. The van der Waals surface area contributed by atoms with Gasteiger partial charge in [-0.15, -0.1) is 0 Å². The van der Waals surface area contributed by atoms with Crippen LogP contribution in [0, 0.1) is 0 Å². The van der Waals surface area contributed by atoms with Crippen LogP contribution in [0.15, 0.2) is 83.3 Å². The zero-order valence-electron chi connectivity index (χ0n) is 19.3. The van der Waals surface area contributed by atoms with Crippen molar-refractivity contribution in [2.24, 2.45) is 0 Å². The first-order valence-corrected chi connectivity index (χ1v) is 12.7. The molecule has 3 rings (SSSR count). The normalized spacial score (nSPS) is 11.6. The molecule has 0 bridgehead atoms. The summed E-state index contributed by atoms with van der Waals surface area (Å²) in [5.74, 6) is -0.245. The van der Waals surface area contributed by atoms with Crippen LogP contribution in [0.25, 0.3) is 0 Å². The van der Waals surface area contributed by atoms with Gasteiger partial charge in [-0.3, -0.25) is 9.59 Å². The second-order valence-corrected chi connectivity index (χ2v) is 9.66. The molecule has 34 heavy (non-hydrogen) atoms. The van der Waals surface area contributed by atoms with Gasteiger partial charge in [0.15, 0.2) is 0 Å². The summed E-state index contributed by atoms with van der Waals surface area (Å²) in [7, 11) is 0. The van der Waals surface area contributed by atoms with Gasteiger partial charge in [-0.25, -0.2) is 0 Å². The van der Waals surface area contributed by atoms with Gasteiger partial charge >= 0.3 is 0 Å². The Hall–Kier alpha value is -2.63. The minimum absolute atomic E-state index is 0.114. The molecule has 0 saturated heterocycles. The Kier molecular flexibility index (Phi) is 10.2. The molecule has 0 saturated carbocycles. The second kappa shape index (κ2) is 13.3. The molecule has 0 radical (unpaired) electrons. The van der Waals surface area contributed by atoms with Crippen LogP contribution in [0.4, 0.5) is 0 Å². The van der Waals surface area contributed by atoms with Gasteiger partial charge in [0.1, 0.15) is 6.04 Å². The fraction of sp³-hybridized carbons (Fsp3) is 0.286.